The van der Waals surface area contributed by atoms with Gasteiger partial charge in [0.2, 0.25) is 5.13 Å². The fourth-order valence-corrected chi connectivity index (χ4v) is 1.66. The van der Waals surface area contributed by atoms with Crippen molar-refractivity contribution in [3.8, 4) is 11.5 Å². The number of rotatable bonds is 2. The predicted octanol–water partition coefficient (Wildman–Crippen LogP) is 1.89. The van der Waals surface area contributed by atoms with Gasteiger partial charge in [-0.15, -0.1) is 28.3 Å². The molecule has 2 aromatic heterocycles. The fourth-order valence-electron chi connectivity index (χ4n) is 0.964. The molecule has 0 atom stereocenters. The highest BCUT2D eigenvalue weighted by Gasteiger charge is 2.05. The van der Waals surface area contributed by atoms with Gasteiger partial charge in [0.25, 0.3) is 0 Å². The van der Waals surface area contributed by atoms with E-state index < -0.39 is 0 Å². The highest BCUT2D eigenvalue weighted by Crippen LogP contribution is 2.26. The molecule has 2 aromatic rings. The zero-order chi connectivity index (χ0) is 9.97. The topological polar surface area (TPSA) is 90.4 Å². The van der Waals surface area contributed by atoms with Gasteiger partial charge in [0.1, 0.15) is 5.69 Å². The van der Waals surface area contributed by atoms with Crippen LogP contribution in [0.25, 0.3) is 11.5 Å². The zero-order valence-corrected chi connectivity index (χ0v) is 10.1. The van der Waals surface area contributed by atoms with E-state index in [0.29, 0.717) is 10.9 Å². The van der Waals surface area contributed by atoms with Crippen molar-refractivity contribution in [3.05, 3.63) is 23.8 Å². The van der Waals surface area contributed by atoms with E-state index in [-0.39, 0.29) is 22.9 Å². The lowest BCUT2D eigenvalue weighted by Gasteiger charge is -1.87. The number of nitrogens with zero attached hydrogens (tertiary/aromatic N) is 2. The van der Waals surface area contributed by atoms with Crippen LogP contribution in [0.4, 0.5) is 5.13 Å². The molecular formula is C8H9BrN4OS. The summed E-state index contributed by atoms with van der Waals surface area (Å²) in [7, 11) is 0. The van der Waals surface area contributed by atoms with Gasteiger partial charge in [-0.3, -0.25) is 0 Å². The summed E-state index contributed by atoms with van der Waals surface area (Å²) < 4.78 is 5.17. The molecular weight excluding hydrogens is 280 g/mol. The Kier molecular flexibility index (Phi) is 3.87. The van der Waals surface area contributed by atoms with Crippen molar-refractivity contribution in [1.29, 1.82) is 0 Å². The molecule has 0 saturated carbocycles. The Morgan fingerprint density at radius 2 is 2.27 bits per heavy atom. The average Bonchev–Trinajstić information content (AvgIpc) is 2.69. The molecule has 0 fully saturated rings. The lowest BCUT2D eigenvalue weighted by Crippen LogP contribution is -2.21. The third-order valence-corrected chi connectivity index (χ3v) is 2.22. The first kappa shape index (κ1) is 11.7. The molecule has 5 nitrogen and oxygen atoms in total. The highest BCUT2D eigenvalue weighted by atomic mass is 79.9. The minimum absolute atomic E-state index is 0. The summed E-state index contributed by atoms with van der Waals surface area (Å²) in [5.41, 5.74) is 11.2. The Hall–Kier alpha value is -1.34. The number of thiazole rings is 1. The maximum absolute atomic E-state index is 5.22. The van der Waals surface area contributed by atoms with E-state index in [0.717, 1.165) is 5.69 Å². The number of hydrogen-bond acceptors (Lipinski definition) is 4. The highest BCUT2D eigenvalue weighted by molar-refractivity contribution is 8.93. The number of guanidine groups is 1. The smallest absolute Gasteiger partial charge is 0.212 e. The Balaban J connectivity index is 0.00000112. The van der Waals surface area contributed by atoms with Gasteiger partial charge in [-0.1, -0.05) is 0 Å². The molecule has 2 heterocycles. The zero-order valence-electron chi connectivity index (χ0n) is 7.58. The molecule has 0 aromatic carbocycles. The number of hydrogen-bond donors (Lipinski definition) is 2. The SMILES string of the molecule is Br.NC(N)=Nc1nc(-c2ccco2)cs1. The first-order valence-electron chi connectivity index (χ1n) is 3.85. The van der Waals surface area contributed by atoms with E-state index in [1.807, 2.05) is 11.4 Å². The molecule has 80 valence electrons. The first-order chi connectivity index (χ1) is 6.75. The minimum Gasteiger partial charge on any atom is -0.463 e. The second-order valence-electron chi connectivity index (χ2n) is 2.53. The Labute approximate surface area is 101 Å². The van der Waals surface area contributed by atoms with Crippen molar-refractivity contribution >= 4 is 39.4 Å². The summed E-state index contributed by atoms with van der Waals surface area (Å²) in [5, 5.41) is 2.36. The van der Waals surface area contributed by atoms with Crippen LogP contribution < -0.4 is 11.5 Å². The molecule has 0 aliphatic rings. The lowest BCUT2D eigenvalue weighted by molar-refractivity contribution is 0.580. The predicted molar refractivity (Wildman–Crippen MR) is 65.6 cm³/mol. The van der Waals surface area contributed by atoms with Gasteiger partial charge in [0.15, 0.2) is 11.7 Å². The number of nitrogens with two attached hydrogens (primary N) is 2. The molecule has 0 unspecified atom stereocenters. The van der Waals surface area contributed by atoms with Crippen molar-refractivity contribution in [2.75, 3.05) is 0 Å². The van der Waals surface area contributed by atoms with Gasteiger partial charge in [-0.25, -0.2) is 4.98 Å². The summed E-state index contributed by atoms with van der Waals surface area (Å²) in [5.74, 6) is 0.712. The summed E-state index contributed by atoms with van der Waals surface area (Å²) in [6.45, 7) is 0. The second kappa shape index (κ2) is 4.94. The van der Waals surface area contributed by atoms with E-state index in [1.54, 1.807) is 12.3 Å². The summed E-state index contributed by atoms with van der Waals surface area (Å²) in [4.78, 5) is 8.00. The van der Waals surface area contributed by atoms with E-state index in [2.05, 4.69) is 9.98 Å². The molecule has 0 spiro atoms. The molecule has 0 amide bonds. The number of aliphatic imine (C=N–C) groups is 1. The van der Waals surface area contributed by atoms with E-state index in [4.69, 9.17) is 15.9 Å². The Morgan fingerprint density at radius 1 is 1.47 bits per heavy atom. The Morgan fingerprint density at radius 3 is 2.87 bits per heavy atom. The van der Waals surface area contributed by atoms with Gasteiger partial charge in [0.05, 0.1) is 6.26 Å². The molecule has 0 saturated heterocycles. The van der Waals surface area contributed by atoms with Gasteiger partial charge in [-0.05, 0) is 12.1 Å². The lowest BCUT2D eigenvalue weighted by atomic mass is 10.4. The van der Waals surface area contributed by atoms with Crippen molar-refractivity contribution in [2.24, 2.45) is 16.5 Å². The molecule has 7 heteroatoms. The van der Waals surface area contributed by atoms with Crippen LogP contribution in [-0.2, 0) is 0 Å². The van der Waals surface area contributed by atoms with Crippen LogP contribution in [-0.4, -0.2) is 10.9 Å². The number of aromatic nitrogens is 1. The van der Waals surface area contributed by atoms with Gasteiger partial charge in [0, 0.05) is 5.38 Å². The third-order valence-electron chi connectivity index (χ3n) is 1.49. The maximum Gasteiger partial charge on any atom is 0.212 e. The van der Waals surface area contributed by atoms with Crippen LogP contribution in [0.1, 0.15) is 0 Å². The molecule has 0 aliphatic heterocycles. The summed E-state index contributed by atoms with van der Waals surface area (Å²) in [6.07, 6.45) is 1.59. The molecule has 2 rings (SSSR count). The van der Waals surface area contributed by atoms with Crippen molar-refractivity contribution in [2.45, 2.75) is 0 Å². The van der Waals surface area contributed by atoms with Crippen LogP contribution in [0.3, 0.4) is 0 Å². The van der Waals surface area contributed by atoms with E-state index >= 15 is 0 Å². The van der Waals surface area contributed by atoms with Crippen molar-refractivity contribution in [3.63, 3.8) is 0 Å². The van der Waals surface area contributed by atoms with Crippen LogP contribution in [0, 0.1) is 0 Å². The normalized spacial score (nSPS) is 9.33. The first-order valence-corrected chi connectivity index (χ1v) is 4.73. The summed E-state index contributed by atoms with van der Waals surface area (Å²) in [6, 6.07) is 3.63. The second-order valence-corrected chi connectivity index (χ2v) is 3.37. The van der Waals surface area contributed by atoms with Crippen LogP contribution in [0.5, 0.6) is 0 Å². The molecule has 15 heavy (non-hydrogen) atoms. The van der Waals surface area contributed by atoms with E-state index in [9.17, 15) is 0 Å². The quantitative estimate of drug-likeness (QED) is 0.652. The fraction of sp³-hybridized carbons (Fsp3) is 0. The van der Waals surface area contributed by atoms with Gasteiger partial charge in [-0.2, -0.15) is 4.99 Å². The van der Waals surface area contributed by atoms with Crippen molar-refractivity contribution < 1.29 is 4.42 Å². The average molecular weight is 289 g/mol. The maximum atomic E-state index is 5.22. The largest absolute Gasteiger partial charge is 0.463 e. The molecule has 0 aliphatic carbocycles. The monoisotopic (exact) mass is 288 g/mol. The van der Waals surface area contributed by atoms with Gasteiger partial charge < -0.3 is 15.9 Å². The molecule has 0 bridgehead atoms. The standard InChI is InChI=1S/C8H8N4OS.BrH/c9-7(10)12-8-11-5(4-14-8)6-2-1-3-13-6;/h1-4H,(H4,9,10,11,12);1H. The number of furan rings is 1. The van der Waals surface area contributed by atoms with Crippen LogP contribution >= 0.6 is 28.3 Å². The third kappa shape index (κ3) is 2.80. The number of halogens is 1. The van der Waals surface area contributed by atoms with E-state index in [1.165, 1.54) is 11.3 Å². The van der Waals surface area contributed by atoms with Crippen molar-refractivity contribution in [1.82, 2.24) is 4.98 Å². The minimum atomic E-state index is 0. The van der Waals surface area contributed by atoms with Gasteiger partial charge >= 0.3 is 0 Å². The molecule has 4 N–H and O–H groups in total. The Bertz CT molecular complexity index is 447. The van der Waals surface area contributed by atoms with Crippen LogP contribution in [0.2, 0.25) is 0 Å². The summed E-state index contributed by atoms with van der Waals surface area (Å²) >= 11 is 1.36. The van der Waals surface area contributed by atoms with Crippen LogP contribution in [0.15, 0.2) is 33.2 Å². The molecule has 0 radical (unpaired) electrons.